The molecule has 0 radical (unpaired) electrons. The Hall–Kier alpha value is -2.67. The monoisotopic (exact) mass is 380 g/mol. The minimum Gasteiger partial charge on any atom is -0.354 e. The number of carbonyl (C=O) groups excluding carboxylic acids is 1. The molecule has 1 atom stereocenters. The average molecular weight is 380 g/mol. The number of hydrogen-bond donors (Lipinski definition) is 1. The maximum absolute atomic E-state index is 12.1. The third-order valence-electron chi connectivity index (χ3n) is 5.88. The van der Waals surface area contributed by atoms with Gasteiger partial charge in [0, 0.05) is 45.0 Å². The molecular formula is C21H28N6O. The van der Waals surface area contributed by atoms with Crippen molar-refractivity contribution in [2.24, 2.45) is 14.1 Å². The van der Waals surface area contributed by atoms with Gasteiger partial charge in [0.05, 0.1) is 11.7 Å². The number of likely N-dealkylation sites (tertiary alicyclic amines) is 1. The van der Waals surface area contributed by atoms with Crippen LogP contribution in [0.3, 0.4) is 0 Å². The van der Waals surface area contributed by atoms with E-state index in [1.165, 1.54) is 24.1 Å². The van der Waals surface area contributed by atoms with Crippen molar-refractivity contribution in [3.8, 4) is 0 Å². The van der Waals surface area contributed by atoms with Crippen molar-refractivity contribution in [3.05, 3.63) is 47.0 Å². The second-order valence-electron chi connectivity index (χ2n) is 7.69. The lowest BCUT2D eigenvalue weighted by atomic mass is 9.98. The predicted octanol–water partition coefficient (Wildman–Crippen LogP) is 2.70. The molecule has 7 heteroatoms. The van der Waals surface area contributed by atoms with E-state index in [4.69, 9.17) is 0 Å². The predicted molar refractivity (Wildman–Crippen MR) is 109 cm³/mol. The molecule has 0 aromatic carbocycles. The molecule has 0 bridgehead atoms. The zero-order chi connectivity index (χ0) is 19.8. The maximum atomic E-state index is 12.1. The number of nitrogens with zero attached hydrogens (tertiary/aromatic N) is 5. The Morgan fingerprint density at radius 2 is 2.11 bits per heavy atom. The summed E-state index contributed by atoms with van der Waals surface area (Å²) in [4.78, 5) is 19.3. The number of hydrogen-bond acceptors (Lipinski definition) is 4. The van der Waals surface area contributed by atoms with E-state index in [1.54, 1.807) is 7.05 Å². The Balaban J connectivity index is 1.62. The van der Waals surface area contributed by atoms with Crippen LogP contribution in [0.2, 0.25) is 0 Å². The molecule has 7 nitrogen and oxygen atoms in total. The van der Waals surface area contributed by atoms with Crippen LogP contribution in [-0.2, 0) is 20.6 Å². The van der Waals surface area contributed by atoms with Crippen LogP contribution in [0.4, 0.5) is 0 Å². The summed E-state index contributed by atoms with van der Waals surface area (Å²) in [5.41, 5.74) is 5.05. The number of aromatic nitrogens is 4. The number of fused-ring (bicyclic) bond motifs is 1. The van der Waals surface area contributed by atoms with Crippen molar-refractivity contribution in [2.45, 2.75) is 38.8 Å². The van der Waals surface area contributed by atoms with Gasteiger partial charge in [0.15, 0.2) is 5.65 Å². The van der Waals surface area contributed by atoms with E-state index in [0.29, 0.717) is 11.7 Å². The number of aryl methyl sites for hydroxylation is 2. The molecule has 1 fully saturated rings. The quantitative estimate of drug-likeness (QED) is 0.756. The van der Waals surface area contributed by atoms with Crippen molar-refractivity contribution in [3.63, 3.8) is 0 Å². The maximum Gasteiger partial charge on any atom is 0.267 e. The van der Waals surface area contributed by atoms with E-state index in [-0.39, 0.29) is 5.91 Å². The minimum atomic E-state index is -0.0437. The van der Waals surface area contributed by atoms with Gasteiger partial charge >= 0.3 is 0 Å². The molecular weight excluding hydrogens is 352 g/mol. The molecule has 0 aliphatic carbocycles. The Morgan fingerprint density at radius 1 is 1.29 bits per heavy atom. The number of carbonyl (C=O) groups is 1. The average Bonchev–Trinajstić information content (AvgIpc) is 3.21. The number of piperidine rings is 1. The summed E-state index contributed by atoms with van der Waals surface area (Å²) >= 11 is 0. The molecule has 1 aliphatic rings. The van der Waals surface area contributed by atoms with E-state index in [0.717, 1.165) is 36.2 Å². The highest BCUT2D eigenvalue weighted by Gasteiger charge is 2.27. The number of nitrogens with one attached hydrogen (secondary N) is 1. The van der Waals surface area contributed by atoms with Crippen LogP contribution < -0.4 is 5.32 Å². The van der Waals surface area contributed by atoms with E-state index in [2.05, 4.69) is 32.4 Å². The highest BCUT2D eigenvalue weighted by Crippen LogP contribution is 2.33. The SMILES string of the molecule is CNC(=O)c1ccc(C2CCCCN2Cc2cnc3c(c2)c(C)nn3C)n1C. The van der Waals surface area contributed by atoms with Crippen molar-refractivity contribution in [1.29, 1.82) is 0 Å². The first-order valence-electron chi connectivity index (χ1n) is 9.89. The molecule has 3 aromatic heterocycles. The Labute approximate surface area is 165 Å². The fraction of sp³-hybridized carbons (Fsp3) is 0.476. The van der Waals surface area contributed by atoms with Gasteiger partial charge in [-0.1, -0.05) is 6.42 Å². The largest absolute Gasteiger partial charge is 0.354 e. The minimum absolute atomic E-state index is 0.0437. The smallest absolute Gasteiger partial charge is 0.267 e. The Kier molecular flexibility index (Phi) is 4.93. The molecule has 1 aliphatic heterocycles. The summed E-state index contributed by atoms with van der Waals surface area (Å²) in [7, 11) is 5.59. The lowest BCUT2D eigenvalue weighted by Crippen LogP contribution is -2.34. The van der Waals surface area contributed by atoms with Gasteiger partial charge in [0.1, 0.15) is 5.69 Å². The van der Waals surface area contributed by atoms with Crippen molar-refractivity contribution in [1.82, 2.24) is 29.5 Å². The topological polar surface area (TPSA) is 68.0 Å². The molecule has 28 heavy (non-hydrogen) atoms. The molecule has 1 N–H and O–H groups in total. The zero-order valence-electron chi connectivity index (χ0n) is 17.1. The van der Waals surface area contributed by atoms with Crippen LogP contribution >= 0.6 is 0 Å². The van der Waals surface area contributed by atoms with E-state index in [9.17, 15) is 4.79 Å². The van der Waals surface area contributed by atoms with E-state index >= 15 is 0 Å². The number of pyridine rings is 1. The molecule has 4 heterocycles. The highest BCUT2D eigenvalue weighted by molar-refractivity contribution is 5.92. The van der Waals surface area contributed by atoms with Gasteiger partial charge in [-0.25, -0.2) is 4.98 Å². The van der Waals surface area contributed by atoms with Crippen molar-refractivity contribution < 1.29 is 4.79 Å². The molecule has 148 valence electrons. The molecule has 0 spiro atoms. The fourth-order valence-electron chi connectivity index (χ4n) is 4.41. The standard InChI is InChI=1S/C21H28N6O/c1-14-16-11-15(12-23-20(16)26(4)24-14)13-27-10-6-5-7-18(27)17-8-9-19(25(17)3)21(28)22-2/h8-9,11-12,18H,5-7,10,13H2,1-4H3,(H,22,28). The molecule has 1 saturated heterocycles. The van der Waals surface area contributed by atoms with Gasteiger partial charge in [0.25, 0.3) is 5.91 Å². The summed E-state index contributed by atoms with van der Waals surface area (Å²) in [5, 5.41) is 8.32. The van der Waals surface area contributed by atoms with Gasteiger partial charge in [-0.3, -0.25) is 14.4 Å². The van der Waals surface area contributed by atoms with Gasteiger partial charge in [-0.15, -0.1) is 0 Å². The molecule has 1 amide bonds. The van der Waals surface area contributed by atoms with Crippen molar-refractivity contribution >= 4 is 16.9 Å². The summed E-state index contributed by atoms with van der Waals surface area (Å²) < 4.78 is 3.87. The summed E-state index contributed by atoms with van der Waals surface area (Å²) in [6.45, 7) is 3.93. The van der Waals surface area contributed by atoms with Gasteiger partial charge < -0.3 is 9.88 Å². The Morgan fingerprint density at radius 3 is 2.89 bits per heavy atom. The van der Waals surface area contributed by atoms with Crippen molar-refractivity contribution in [2.75, 3.05) is 13.6 Å². The van der Waals surface area contributed by atoms with Gasteiger partial charge in [0.2, 0.25) is 0 Å². The van der Waals surface area contributed by atoms with E-state index < -0.39 is 0 Å². The van der Waals surface area contributed by atoms with Crippen LogP contribution in [0.1, 0.15) is 52.7 Å². The van der Waals surface area contributed by atoms with Crippen LogP contribution in [0, 0.1) is 6.92 Å². The van der Waals surface area contributed by atoms with E-state index in [1.807, 2.05) is 42.5 Å². The van der Waals surface area contributed by atoms with Crippen LogP contribution in [0.15, 0.2) is 24.4 Å². The van der Waals surface area contributed by atoms with Crippen LogP contribution in [0.5, 0.6) is 0 Å². The first-order chi connectivity index (χ1) is 13.5. The second kappa shape index (κ2) is 7.39. The van der Waals surface area contributed by atoms with Gasteiger partial charge in [-0.05, 0) is 50.1 Å². The lowest BCUT2D eigenvalue weighted by Gasteiger charge is -2.36. The van der Waals surface area contributed by atoms with Crippen LogP contribution in [-0.4, -0.2) is 43.7 Å². The Bertz CT molecular complexity index is 1020. The molecule has 1 unspecified atom stereocenters. The number of amides is 1. The summed E-state index contributed by atoms with van der Waals surface area (Å²) in [5.74, 6) is -0.0437. The first kappa shape index (κ1) is 18.7. The first-order valence-corrected chi connectivity index (χ1v) is 9.89. The van der Waals surface area contributed by atoms with Gasteiger partial charge in [-0.2, -0.15) is 5.10 Å². The number of rotatable bonds is 4. The highest BCUT2D eigenvalue weighted by atomic mass is 16.1. The molecule has 0 saturated carbocycles. The summed E-state index contributed by atoms with van der Waals surface area (Å²) in [6.07, 6.45) is 5.48. The third kappa shape index (κ3) is 3.20. The molecule has 4 rings (SSSR count). The van der Waals surface area contributed by atoms with Crippen LogP contribution in [0.25, 0.3) is 11.0 Å². The normalized spacial score (nSPS) is 17.9. The lowest BCUT2D eigenvalue weighted by molar-refractivity contribution is 0.0952. The second-order valence-corrected chi connectivity index (χ2v) is 7.69. The summed E-state index contributed by atoms with van der Waals surface area (Å²) in [6, 6.07) is 6.55. The third-order valence-corrected chi connectivity index (χ3v) is 5.88. The fourth-order valence-corrected chi connectivity index (χ4v) is 4.41. The zero-order valence-corrected chi connectivity index (χ0v) is 17.1. The molecule has 3 aromatic rings.